The Morgan fingerprint density at radius 2 is 1.85 bits per heavy atom. The second-order valence-corrected chi connectivity index (χ2v) is 7.39. The van der Waals surface area contributed by atoms with Crippen LogP contribution >= 0.6 is 11.6 Å². The van der Waals surface area contributed by atoms with E-state index in [-0.39, 0.29) is 22.6 Å². The van der Waals surface area contributed by atoms with Crippen molar-refractivity contribution in [1.29, 1.82) is 0 Å². The summed E-state index contributed by atoms with van der Waals surface area (Å²) in [6, 6.07) is 17.3. The van der Waals surface area contributed by atoms with Gasteiger partial charge in [0.1, 0.15) is 11.3 Å². The molecule has 9 nitrogen and oxygen atoms in total. The largest absolute Gasteiger partial charge is 0.405 e. The fraction of sp³-hybridized carbons (Fsp3) is 0.0870. The molecule has 0 aliphatic heterocycles. The SMILES string of the molecule is CCc1cc2cccc(Cl)c2c(=O)n1-c1ccccc1.N/C=C\c1c(C(N)=O)c(N)nn1N. The summed E-state index contributed by atoms with van der Waals surface area (Å²) in [6.45, 7) is 2.05. The van der Waals surface area contributed by atoms with Crippen molar-refractivity contribution in [2.75, 3.05) is 11.6 Å². The van der Waals surface area contributed by atoms with Crippen molar-refractivity contribution >= 4 is 40.2 Å². The van der Waals surface area contributed by atoms with Gasteiger partial charge >= 0.3 is 0 Å². The molecule has 8 N–H and O–H groups in total. The number of fused-ring (bicyclic) bond motifs is 1. The molecule has 33 heavy (non-hydrogen) atoms. The maximum absolute atomic E-state index is 12.8. The number of para-hydroxylation sites is 1. The van der Waals surface area contributed by atoms with Crippen molar-refractivity contribution in [2.45, 2.75) is 13.3 Å². The van der Waals surface area contributed by atoms with E-state index >= 15 is 0 Å². The molecule has 2 aromatic heterocycles. The number of benzene rings is 2. The van der Waals surface area contributed by atoms with Gasteiger partial charge in [-0.2, -0.15) is 4.79 Å². The minimum absolute atomic E-state index is 0.0110. The molecule has 4 rings (SSSR count). The first kappa shape index (κ1) is 23.4. The number of nitrogens with two attached hydrogens (primary N) is 4. The van der Waals surface area contributed by atoms with Crippen molar-refractivity contribution in [2.24, 2.45) is 11.5 Å². The van der Waals surface area contributed by atoms with E-state index in [2.05, 4.69) is 5.10 Å². The van der Waals surface area contributed by atoms with Gasteiger partial charge in [0, 0.05) is 11.4 Å². The molecule has 0 radical (unpaired) electrons. The molecular formula is C23H24ClN7O2. The molecule has 0 saturated carbocycles. The van der Waals surface area contributed by atoms with Gasteiger partial charge in [-0.3, -0.25) is 14.2 Å². The number of carbonyl (C=O) groups is 1. The highest BCUT2D eigenvalue weighted by atomic mass is 35.5. The third-order valence-corrected chi connectivity index (χ3v) is 5.24. The van der Waals surface area contributed by atoms with Crippen LogP contribution in [0.5, 0.6) is 0 Å². The van der Waals surface area contributed by atoms with Gasteiger partial charge < -0.3 is 23.0 Å². The maximum Gasteiger partial charge on any atom is 0.264 e. The molecule has 0 spiro atoms. The van der Waals surface area contributed by atoms with Crippen molar-refractivity contribution in [3.05, 3.63) is 93.1 Å². The minimum Gasteiger partial charge on any atom is -0.405 e. The van der Waals surface area contributed by atoms with E-state index in [0.717, 1.165) is 28.0 Å². The van der Waals surface area contributed by atoms with Gasteiger partial charge in [-0.1, -0.05) is 48.9 Å². The van der Waals surface area contributed by atoms with Crippen molar-refractivity contribution in [3.63, 3.8) is 0 Å². The zero-order valence-corrected chi connectivity index (χ0v) is 18.7. The molecule has 10 heteroatoms. The van der Waals surface area contributed by atoms with Crippen LogP contribution in [-0.2, 0) is 6.42 Å². The van der Waals surface area contributed by atoms with E-state index in [0.29, 0.717) is 10.4 Å². The summed E-state index contributed by atoms with van der Waals surface area (Å²) in [5, 5.41) is 5.59. The Kier molecular flexibility index (Phi) is 7.04. The molecule has 0 saturated heterocycles. The number of hydrogen-bond donors (Lipinski definition) is 4. The number of carbonyl (C=O) groups excluding carboxylic acids is 1. The molecule has 0 aliphatic carbocycles. The Hall–Kier alpha value is -4.24. The van der Waals surface area contributed by atoms with Gasteiger partial charge in [-0.05, 0) is 48.3 Å². The quantitative estimate of drug-likeness (QED) is 0.338. The number of rotatable bonds is 4. The highest BCUT2D eigenvalue weighted by Gasteiger charge is 2.17. The van der Waals surface area contributed by atoms with Crippen LogP contribution in [0.15, 0.2) is 65.6 Å². The van der Waals surface area contributed by atoms with Crippen LogP contribution in [-0.4, -0.2) is 20.4 Å². The van der Waals surface area contributed by atoms with Crippen molar-refractivity contribution in [1.82, 2.24) is 14.5 Å². The van der Waals surface area contributed by atoms with Gasteiger partial charge in [0.15, 0.2) is 5.82 Å². The normalized spacial score (nSPS) is 10.8. The van der Waals surface area contributed by atoms with Gasteiger partial charge in [-0.25, -0.2) is 0 Å². The summed E-state index contributed by atoms with van der Waals surface area (Å²) in [6.07, 6.45) is 3.39. The third kappa shape index (κ3) is 4.68. The first-order chi connectivity index (χ1) is 15.8. The summed E-state index contributed by atoms with van der Waals surface area (Å²) in [5.74, 6) is 4.67. The first-order valence-electron chi connectivity index (χ1n) is 10.00. The predicted octanol–water partition coefficient (Wildman–Crippen LogP) is 2.41. The lowest BCUT2D eigenvalue weighted by atomic mass is 10.1. The molecule has 2 aromatic carbocycles. The fourth-order valence-electron chi connectivity index (χ4n) is 3.46. The van der Waals surface area contributed by atoms with Crippen LogP contribution in [0.2, 0.25) is 5.02 Å². The Balaban J connectivity index is 0.000000205. The molecule has 4 aromatic rings. The Bertz CT molecular complexity index is 1390. The molecule has 0 fully saturated rings. The number of primary amides is 1. The highest BCUT2D eigenvalue weighted by molar-refractivity contribution is 6.35. The number of nitrogens with zero attached hydrogens (tertiary/aromatic N) is 3. The van der Waals surface area contributed by atoms with Gasteiger partial charge in [-0.15, -0.1) is 5.10 Å². The predicted molar refractivity (Wildman–Crippen MR) is 132 cm³/mol. The van der Waals surface area contributed by atoms with Gasteiger partial charge in [0.2, 0.25) is 0 Å². The lowest BCUT2D eigenvalue weighted by molar-refractivity contribution is 0.100. The highest BCUT2D eigenvalue weighted by Crippen LogP contribution is 2.22. The van der Waals surface area contributed by atoms with E-state index < -0.39 is 5.91 Å². The number of amides is 1. The van der Waals surface area contributed by atoms with E-state index in [1.807, 2.05) is 55.5 Å². The average molecular weight is 466 g/mol. The number of nitrogen functional groups attached to an aromatic ring is 2. The molecule has 0 bridgehead atoms. The minimum atomic E-state index is -0.692. The summed E-state index contributed by atoms with van der Waals surface area (Å²) in [4.78, 5) is 24.6. The lowest BCUT2D eigenvalue weighted by Crippen LogP contribution is -2.22. The van der Waals surface area contributed by atoms with Crippen LogP contribution < -0.4 is 28.6 Å². The summed E-state index contributed by atoms with van der Waals surface area (Å²) in [5.41, 5.74) is 17.7. The molecular weight excluding hydrogens is 442 g/mol. The van der Waals surface area contributed by atoms with Gasteiger partial charge in [0.25, 0.3) is 11.5 Å². The molecule has 0 atom stereocenters. The van der Waals surface area contributed by atoms with Gasteiger partial charge in [0.05, 0.1) is 10.4 Å². The summed E-state index contributed by atoms with van der Waals surface area (Å²) in [7, 11) is 0. The summed E-state index contributed by atoms with van der Waals surface area (Å²) < 4.78 is 1.74. The second kappa shape index (κ2) is 9.92. The number of aromatic nitrogens is 3. The average Bonchev–Trinajstić information content (AvgIpc) is 3.07. The number of hydrogen-bond acceptors (Lipinski definition) is 6. The van der Waals surface area contributed by atoms with Crippen LogP contribution in [0.25, 0.3) is 22.5 Å². The lowest BCUT2D eigenvalue weighted by Gasteiger charge is -2.14. The van der Waals surface area contributed by atoms with E-state index in [9.17, 15) is 9.59 Å². The van der Waals surface area contributed by atoms with Crippen LogP contribution in [0.1, 0.15) is 28.7 Å². The Labute approximate surface area is 194 Å². The monoisotopic (exact) mass is 465 g/mol. The number of halogens is 1. The smallest absolute Gasteiger partial charge is 0.264 e. The molecule has 2 heterocycles. The molecule has 0 aliphatic rings. The fourth-order valence-corrected chi connectivity index (χ4v) is 3.73. The van der Waals surface area contributed by atoms with E-state index in [1.165, 1.54) is 12.3 Å². The number of anilines is 1. The topological polar surface area (TPSA) is 161 Å². The van der Waals surface area contributed by atoms with Crippen molar-refractivity contribution in [3.8, 4) is 5.69 Å². The van der Waals surface area contributed by atoms with Crippen molar-refractivity contribution < 1.29 is 4.79 Å². The standard InChI is InChI=1S/C17H14ClNO.C6H10N6O/c1-2-13-11-12-7-6-10-15(18)16(12)17(20)19(13)14-8-4-3-5-9-14;7-2-1-3-4(6(9)13)5(8)11-12(3)10/h3-11H,2H2,1H3;1-2H,7,10H2,(H2,8,11)(H2,9,13)/b;2-1-. The van der Waals surface area contributed by atoms with Crippen LogP contribution in [0.4, 0.5) is 5.82 Å². The number of aryl methyl sites for hydroxylation is 1. The number of pyridine rings is 1. The molecule has 170 valence electrons. The molecule has 0 unspecified atom stereocenters. The van der Waals surface area contributed by atoms with Crippen LogP contribution in [0.3, 0.4) is 0 Å². The maximum atomic E-state index is 12.8. The van der Waals surface area contributed by atoms with E-state index in [1.54, 1.807) is 10.6 Å². The Morgan fingerprint density at radius 3 is 2.45 bits per heavy atom. The zero-order valence-electron chi connectivity index (χ0n) is 17.9. The van der Waals surface area contributed by atoms with E-state index in [4.69, 9.17) is 34.6 Å². The Morgan fingerprint density at radius 1 is 1.15 bits per heavy atom. The first-order valence-corrected chi connectivity index (χ1v) is 10.4. The zero-order chi connectivity index (χ0) is 24.1. The molecule has 1 amide bonds. The summed E-state index contributed by atoms with van der Waals surface area (Å²) >= 11 is 6.20. The second-order valence-electron chi connectivity index (χ2n) is 6.98. The van der Waals surface area contributed by atoms with Crippen LogP contribution in [0, 0.1) is 0 Å². The third-order valence-electron chi connectivity index (χ3n) is 4.92.